The van der Waals surface area contributed by atoms with E-state index in [-0.39, 0.29) is 35.0 Å². The summed E-state index contributed by atoms with van der Waals surface area (Å²) in [6.45, 7) is 17.1. The van der Waals surface area contributed by atoms with E-state index in [0.29, 0.717) is 6.54 Å². The number of urea groups is 1. The third kappa shape index (κ3) is 12.2. The van der Waals surface area contributed by atoms with Gasteiger partial charge >= 0.3 is 12.2 Å². The number of anilines is 1. The number of hydrogen-bond acceptors (Lipinski definition) is 4. The molecule has 3 aromatic rings. The molecule has 0 fully saturated rings. The molecule has 11 heteroatoms. The van der Waals surface area contributed by atoms with Crippen LogP contribution in [0, 0.1) is 0 Å². The van der Waals surface area contributed by atoms with Crippen LogP contribution < -0.4 is 21.1 Å². The minimum absolute atomic E-state index is 0.00920. The third-order valence-corrected chi connectivity index (χ3v) is 7.40. The van der Waals surface area contributed by atoms with Crippen LogP contribution in [-0.4, -0.2) is 20.7 Å². The average molecular weight is 647 g/mol. The number of carbonyl (C=O) groups is 1. The van der Waals surface area contributed by atoms with E-state index in [2.05, 4.69) is 83.0 Å². The summed E-state index contributed by atoms with van der Waals surface area (Å²) in [6, 6.07) is 17.9. The summed E-state index contributed by atoms with van der Waals surface area (Å²) in [6.07, 6.45) is -2.94. The number of amides is 2. The standard InChI is InChI=1S/C23H28F3N3O3S.C11H17N/c1-6-17-11-16(12-19(23(24,25)26)20(17)29-33(5,31)32)14-28-21(30)27-13-15-7-9-18(10-8-15)22(2,3)4;1-11(2,3)10-6-4-9(8-12)5-7-10/h6-12,29H,1,13-14H2,2-5H3,(H2,27,28,30);4-7H,8,12H2,1-3H3. The van der Waals surface area contributed by atoms with E-state index in [1.54, 1.807) is 0 Å². The average Bonchev–Trinajstić information content (AvgIpc) is 2.93. The summed E-state index contributed by atoms with van der Waals surface area (Å²) >= 11 is 0. The quantitative estimate of drug-likeness (QED) is 0.204. The largest absolute Gasteiger partial charge is 0.418 e. The Balaban J connectivity index is 0.000000490. The molecule has 0 heterocycles. The normalized spacial score (nSPS) is 12.1. The molecular weight excluding hydrogens is 601 g/mol. The molecule has 0 atom stereocenters. The fraction of sp³-hybridized carbons (Fsp3) is 0.382. The zero-order chi connectivity index (χ0) is 34.2. The second-order valence-corrected chi connectivity index (χ2v) is 14.6. The Morgan fingerprint density at radius 3 is 1.62 bits per heavy atom. The Bertz CT molecular complexity index is 1550. The predicted molar refractivity (Wildman–Crippen MR) is 177 cm³/mol. The molecule has 0 unspecified atom stereocenters. The SMILES string of the molecule is C=Cc1cc(CNC(=O)NCc2ccc(C(C)(C)C)cc2)cc(C(F)(F)F)c1NS(C)(=O)=O.CC(C)(C)c1ccc(CN)cc1. The molecule has 0 aliphatic carbocycles. The second-order valence-electron chi connectivity index (χ2n) is 12.8. The topological polar surface area (TPSA) is 113 Å². The third-order valence-electron chi connectivity index (χ3n) is 6.82. The highest BCUT2D eigenvalue weighted by molar-refractivity contribution is 7.92. The molecule has 2 amide bonds. The van der Waals surface area contributed by atoms with Crippen molar-refractivity contribution in [1.82, 2.24) is 10.6 Å². The number of rotatable bonds is 8. The van der Waals surface area contributed by atoms with Gasteiger partial charge in [-0.2, -0.15) is 13.2 Å². The molecule has 0 bridgehead atoms. The van der Waals surface area contributed by atoms with Crippen LogP contribution in [0.25, 0.3) is 6.08 Å². The lowest BCUT2D eigenvalue weighted by Gasteiger charge is -2.19. The van der Waals surface area contributed by atoms with Crippen molar-refractivity contribution >= 4 is 27.8 Å². The highest BCUT2D eigenvalue weighted by Crippen LogP contribution is 2.38. The Hall–Kier alpha value is -3.83. The van der Waals surface area contributed by atoms with Crippen molar-refractivity contribution in [3.05, 3.63) is 106 Å². The van der Waals surface area contributed by atoms with E-state index >= 15 is 0 Å². The van der Waals surface area contributed by atoms with E-state index < -0.39 is 33.5 Å². The van der Waals surface area contributed by atoms with Crippen LogP contribution in [0.15, 0.2) is 67.2 Å². The Labute approximate surface area is 265 Å². The van der Waals surface area contributed by atoms with Crippen molar-refractivity contribution in [3.63, 3.8) is 0 Å². The van der Waals surface area contributed by atoms with Gasteiger partial charge in [-0.1, -0.05) is 103 Å². The maximum Gasteiger partial charge on any atom is 0.418 e. The van der Waals surface area contributed by atoms with Crippen molar-refractivity contribution in [3.8, 4) is 0 Å². The number of halogens is 3. The number of hydrogen-bond donors (Lipinski definition) is 4. The van der Waals surface area contributed by atoms with Crippen LogP contribution in [-0.2, 0) is 46.7 Å². The minimum Gasteiger partial charge on any atom is -0.334 e. The van der Waals surface area contributed by atoms with E-state index in [1.807, 2.05) is 29.0 Å². The van der Waals surface area contributed by atoms with Crippen LogP contribution in [0.4, 0.5) is 23.7 Å². The number of carbonyl (C=O) groups excluding carboxylic acids is 1. The fourth-order valence-electron chi connectivity index (χ4n) is 4.20. The summed E-state index contributed by atoms with van der Waals surface area (Å²) in [5.74, 6) is 0. The number of sulfonamides is 1. The van der Waals surface area contributed by atoms with E-state index in [1.165, 1.54) is 17.2 Å². The zero-order valence-corrected chi connectivity index (χ0v) is 27.8. The number of nitrogens with two attached hydrogens (primary N) is 1. The molecule has 0 saturated carbocycles. The zero-order valence-electron chi connectivity index (χ0n) is 27.0. The lowest BCUT2D eigenvalue weighted by atomic mass is 9.87. The van der Waals surface area contributed by atoms with Crippen LogP contribution in [0.1, 0.15) is 80.5 Å². The summed E-state index contributed by atoms with van der Waals surface area (Å²) in [5, 5.41) is 5.17. The Kier molecular flexibility index (Phi) is 12.4. The highest BCUT2D eigenvalue weighted by Gasteiger charge is 2.35. The van der Waals surface area contributed by atoms with Gasteiger partial charge in [-0.15, -0.1) is 0 Å². The van der Waals surface area contributed by atoms with Crippen LogP contribution in [0.2, 0.25) is 0 Å². The molecule has 5 N–H and O–H groups in total. The smallest absolute Gasteiger partial charge is 0.334 e. The Morgan fingerprint density at radius 2 is 1.24 bits per heavy atom. The maximum absolute atomic E-state index is 13.6. The predicted octanol–water partition coefficient (Wildman–Crippen LogP) is 7.46. The number of alkyl halides is 3. The molecule has 45 heavy (non-hydrogen) atoms. The highest BCUT2D eigenvalue weighted by atomic mass is 32.2. The first-order valence-corrected chi connectivity index (χ1v) is 16.3. The minimum atomic E-state index is -4.82. The number of benzene rings is 3. The molecule has 0 radical (unpaired) electrons. The van der Waals surface area contributed by atoms with Gasteiger partial charge in [0.15, 0.2) is 0 Å². The summed E-state index contributed by atoms with van der Waals surface area (Å²) in [7, 11) is -3.95. The van der Waals surface area contributed by atoms with Gasteiger partial charge in [0.05, 0.1) is 17.5 Å². The van der Waals surface area contributed by atoms with Crippen LogP contribution in [0.5, 0.6) is 0 Å². The first kappa shape index (κ1) is 37.4. The molecule has 3 aromatic carbocycles. The van der Waals surface area contributed by atoms with Crippen molar-refractivity contribution in [1.29, 1.82) is 0 Å². The van der Waals surface area contributed by atoms with Gasteiger partial charge in [-0.05, 0) is 56.3 Å². The van der Waals surface area contributed by atoms with Crippen molar-refractivity contribution in [2.24, 2.45) is 5.73 Å². The van der Waals surface area contributed by atoms with Gasteiger partial charge < -0.3 is 16.4 Å². The maximum atomic E-state index is 13.6. The van der Waals surface area contributed by atoms with Gasteiger partial charge in [-0.25, -0.2) is 13.2 Å². The van der Waals surface area contributed by atoms with Crippen molar-refractivity contribution in [2.45, 2.75) is 78.2 Å². The van der Waals surface area contributed by atoms with E-state index in [9.17, 15) is 26.4 Å². The fourth-order valence-corrected chi connectivity index (χ4v) is 4.80. The van der Waals surface area contributed by atoms with Gasteiger partial charge in [0.2, 0.25) is 10.0 Å². The Morgan fingerprint density at radius 1 is 0.800 bits per heavy atom. The molecule has 7 nitrogen and oxygen atoms in total. The molecule has 0 aliphatic heterocycles. The molecule has 0 saturated heterocycles. The first-order valence-electron chi connectivity index (χ1n) is 14.4. The van der Waals surface area contributed by atoms with Crippen molar-refractivity contribution in [2.75, 3.05) is 11.0 Å². The first-order chi connectivity index (χ1) is 20.6. The summed E-state index contributed by atoms with van der Waals surface area (Å²) in [4.78, 5) is 12.2. The monoisotopic (exact) mass is 646 g/mol. The van der Waals surface area contributed by atoms with Crippen LogP contribution in [0.3, 0.4) is 0 Å². The summed E-state index contributed by atoms with van der Waals surface area (Å²) in [5.41, 5.74) is 8.67. The number of nitrogens with one attached hydrogen (secondary N) is 3. The van der Waals surface area contributed by atoms with Gasteiger partial charge in [0, 0.05) is 19.6 Å². The molecule has 3 rings (SSSR count). The lowest BCUT2D eigenvalue weighted by Crippen LogP contribution is -2.34. The molecule has 0 spiro atoms. The van der Waals surface area contributed by atoms with E-state index in [4.69, 9.17) is 5.73 Å². The molecule has 0 aromatic heterocycles. The second kappa shape index (κ2) is 15.0. The van der Waals surface area contributed by atoms with E-state index in [0.717, 1.165) is 29.5 Å². The molecule has 246 valence electrons. The molecule has 0 aliphatic rings. The van der Waals surface area contributed by atoms with Crippen molar-refractivity contribution < 1.29 is 26.4 Å². The van der Waals surface area contributed by atoms with Gasteiger partial charge in [-0.3, -0.25) is 4.72 Å². The summed E-state index contributed by atoms with van der Waals surface area (Å²) < 4.78 is 65.6. The van der Waals surface area contributed by atoms with Gasteiger partial charge in [0.1, 0.15) is 0 Å². The molecular formula is C34H45F3N4O3S. The van der Waals surface area contributed by atoms with Gasteiger partial charge in [0.25, 0.3) is 0 Å². The van der Waals surface area contributed by atoms with Crippen LogP contribution >= 0.6 is 0 Å². The lowest BCUT2D eigenvalue weighted by molar-refractivity contribution is -0.137.